The number of hydrogen-bond acceptors (Lipinski definition) is 7. The molecule has 0 bridgehead atoms. The van der Waals surface area contributed by atoms with Gasteiger partial charge in [0, 0.05) is 31.4 Å². The van der Waals surface area contributed by atoms with Crippen molar-refractivity contribution in [2.75, 3.05) is 13.7 Å². The van der Waals surface area contributed by atoms with Gasteiger partial charge in [-0.1, -0.05) is 30.8 Å². The van der Waals surface area contributed by atoms with Gasteiger partial charge < -0.3 is 4.74 Å². The smallest absolute Gasteiger partial charge is 0.262 e. The Hall–Kier alpha value is -2.23. The minimum Gasteiger partial charge on any atom is -0.385 e. The molecule has 0 atom stereocenters. The molecular weight excluding hydrogens is 406 g/mol. The van der Waals surface area contributed by atoms with Crippen molar-refractivity contribution in [3.05, 3.63) is 50.7 Å². The zero-order valence-corrected chi connectivity index (χ0v) is 18.1. The van der Waals surface area contributed by atoms with Crippen molar-refractivity contribution in [3.8, 4) is 0 Å². The van der Waals surface area contributed by atoms with Gasteiger partial charge in [0.15, 0.2) is 5.16 Å². The first-order valence-corrected chi connectivity index (χ1v) is 11.5. The first kappa shape index (κ1) is 20.1. The van der Waals surface area contributed by atoms with E-state index in [1.807, 2.05) is 28.7 Å². The van der Waals surface area contributed by atoms with Crippen LogP contribution in [0, 0.1) is 0 Å². The predicted molar refractivity (Wildman–Crippen MR) is 117 cm³/mol. The van der Waals surface area contributed by atoms with Gasteiger partial charge in [-0.05, 0) is 31.4 Å². The Bertz CT molecular complexity index is 1180. The van der Waals surface area contributed by atoms with E-state index in [1.165, 1.54) is 5.01 Å². The van der Waals surface area contributed by atoms with Crippen LogP contribution < -0.4 is 5.56 Å². The van der Waals surface area contributed by atoms with Crippen LogP contribution in [0.4, 0.5) is 0 Å². The highest BCUT2D eigenvalue weighted by atomic mass is 32.2. The molecule has 0 saturated carbocycles. The molecule has 0 radical (unpaired) electrons. The van der Waals surface area contributed by atoms with E-state index in [9.17, 15) is 4.79 Å². The number of ether oxygens (including phenoxy) is 1. The number of benzene rings is 1. The molecule has 0 aliphatic rings. The monoisotopic (exact) mass is 429 g/mol. The Kier molecular flexibility index (Phi) is 6.27. The summed E-state index contributed by atoms with van der Waals surface area (Å²) >= 11 is 3.30. The van der Waals surface area contributed by atoms with E-state index in [4.69, 9.17) is 9.72 Å². The average molecular weight is 430 g/mol. The van der Waals surface area contributed by atoms with Gasteiger partial charge in [-0.2, -0.15) is 0 Å². The first-order chi connectivity index (χ1) is 14.2. The van der Waals surface area contributed by atoms with Gasteiger partial charge in [0.1, 0.15) is 0 Å². The van der Waals surface area contributed by atoms with Crippen molar-refractivity contribution in [2.45, 2.75) is 43.6 Å². The Morgan fingerprint density at radius 2 is 2.10 bits per heavy atom. The number of nitrogens with zero attached hydrogens (tertiary/aromatic N) is 5. The number of aryl methyl sites for hydroxylation is 2. The molecule has 0 fully saturated rings. The average Bonchev–Trinajstić information content (AvgIpc) is 3.36. The van der Waals surface area contributed by atoms with Crippen molar-refractivity contribution in [2.24, 2.45) is 0 Å². The summed E-state index contributed by atoms with van der Waals surface area (Å²) in [5, 5.41) is 13.5. The standard InChI is InChI=1S/C20H23N5O2S2/c1-3-7-17-21-14(12-28-17)13-29-20-23-22-19-24(10-6-11-27-2)18(26)15-8-4-5-9-16(15)25(19)20/h4-5,8-9,12H,3,6-7,10-11,13H2,1-2H3. The second-order valence-electron chi connectivity index (χ2n) is 6.71. The van der Waals surface area contributed by atoms with Gasteiger partial charge >= 0.3 is 0 Å². The van der Waals surface area contributed by atoms with Crippen molar-refractivity contribution >= 4 is 39.8 Å². The molecule has 0 aliphatic carbocycles. The molecule has 1 aromatic carbocycles. The van der Waals surface area contributed by atoms with E-state index in [0.717, 1.165) is 41.4 Å². The molecular formula is C20H23N5O2S2. The maximum Gasteiger partial charge on any atom is 0.262 e. The van der Waals surface area contributed by atoms with Crippen molar-refractivity contribution in [3.63, 3.8) is 0 Å². The van der Waals surface area contributed by atoms with E-state index in [1.54, 1.807) is 34.8 Å². The number of rotatable bonds is 9. The number of methoxy groups -OCH3 is 1. The highest BCUT2D eigenvalue weighted by Crippen LogP contribution is 2.25. The molecule has 3 aromatic heterocycles. The highest BCUT2D eigenvalue weighted by molar-refractivity contribution is 7.98. The second kappa shape index (κ2) is 9.06. The van der Waals surface area contributed by atoms with Crippen LogP contribution in [-0.2, 0) is 23.5 Å². The van der Waals surface area contributed by atoms with Crippen LogP contribution in [0.15, 0.2) is 39.6 Å². The van der Waals surface area contributed by atoms with Crippen LogP contribution in [0.25, 0.3) is 16.7 Å². The Balaban J connectivity index is 1.72. The molecule has 0 amide bonds. The minimum absolute atomic E-state index is 0.0446. The number of para-hydroxylation sites is 1. The van der Waals surface area contributed by atoms with Crippen LogP contribution >= 0.6 is 23.1 Å². The summed E-state index contributed by atoms with van der Waals surface area (Å²) in [5.74, 6) is 1.29. The Labute approximate surface area is 176 Å². The number of thiazole rings is 1. The summed E-state index contributed by atoms with van der Waals surface area (Å²) in [6.45, 7) is 3.29. The summed E-state index contributed by atoms with van der Waals surface area (Å²) in [6, 6.07) is 7.62. The molecule has 0 saturated heterocycles. The number of aromatic nitrogens is 5. The fraction of sp³-hybridized carbons (Fsp3) is 0.400. The highest BCUT2D eigenvalue weighted by Gasteiger charge is 2.17. The van der Waals surface area contributed by atoms with Crippen molar-refractivity contribution in [1.82, 2.24) is 24.1 Å². The van der Waals surface area contributed by atoms with Crippen LogP contribution in [-0.4, -0.2) is 37.9 Å². The van der Waals surface area contributed by atoms with E-state index in [-0.39, 0.29) is 5.56 Å². The van der Waals surface area contributed by atoms with Gasteiger partial charge in [-0.3, -0.25) is 13.8 Å². The summed E-state index contributed by atoms with van der Waals surface area (Å²) < 4.78 is 8.82. The quantitative estimate of drug-likeness (QED) is 0.298. The molecule has 3 heterocycles. The number of fused-ring (bicyclic) bond motifs is 3. The van der Waals surface area contributed by atoms with Crippen LogP contribution in [0.3, 0.4) is 0 Å². The van der Waals surface area contributed by atoms with Crippen molar-refractivity contribution < 1.29 is 4.74 Å². The fourth-order valence-corrected chi connectivity index (χ4v) is 5.12. The van der Waals surface area contributed by atoms with Crippen molar-refractivity contribution in [1.29, 1.82) is 0 Å². The van der Waals surface area contributed by atoms with E-state index < -0.39 is 0 Å². The maximum absolute atomic E-state index is 13.0. The van der Waals surface area contributed by atoms with Gasteiger partial charge in [-0.15, -0.1) is 21.5 Å². The fourth-order valence-electron chi connectivity index (χ4n) is 3.28. The summed E-state index contributed by atoms with van der Waals surface area (Å²) in [6.07, 6.45) is 2.85. The zero-order valence-electron chi connectivity index (χ0n) is 16.5. The van der Waals surface area contributed by atoms with Crippen LogP contribution in [0.5, 0.6) is 0 Å². The molecule has 0 aliphatic heterocycles. The third-order valence-corrected chi connectivity index (χ3v) is 6.54. The maximum atomic E-state index is 13.0. The van der Waals surface area contributed by atoms with E-state index in [2.05, 4.69) is 22.5 Å². The lowest BCUT2D eigenvalue weighted by molar-refractivity contribution is 0.190. The van der Waals surface area contributed by atoms with E-state index >= 15 is 0 Å². The Morgan fingerprint density at radius 3 is 2.93 bits per heavy atom. The molecule has 0 unspecified atom stereocenters. The van der Waals surface area contributed by atoms with Gasteiger partial charge in [0.2, 0.25) is 5.78 Å². The molecule has 9 heteroatoms. The lowest BCUT2D eigenvalue weighted by Gasteiger charge is -2.11. The molecule has 29 heavy (non-hydrogen) atoms. The lowest BCUT2D eigenvalue weighted by Crippen LogP contribution is -2.24. The zero-order chi connectivity index (χ0) is 20.2. The van der Waals surface area contributed by atoms with E-state index in [0.29, 0.717) is 24.3 Å². The minimum atomic E-state index is -0.0446. The molecule has 152 valence electrons. The first-order valence-electron chi connectivity index (χ1n) is 9.64. The lowest BCUT2D eigenvalue weighted by atomic mass is 10.2. The molecule has 7 nitrogen and oxygen atoms in total. The van der Waals surface area contributed by atoms with Gasteiger partial charge in [-0.25, -0.2) is 4.98 Å². The normalized spacial score (nSPS) is 11.7. The third-order valence-electron chi connectivity index (χ3n) is 4.62. The number of thioether (sulfide) groups is 1. The second-order valence-corrected chi connectivity index (χ2v) is 8.59. The predicted octanol–water partition coefficient (Wildman–Crippen LogP) is 3.78. The van der Waals surface area contributed by atoms with Gasteiger partial charge in [0.25, 0.3) is 5.56 Å². The van der Waals surface area contributed by atoms with Crippen LogP contribution in [0.2, 0.25) is 0 Å². The van der Waals surface area contributed by atoms with Crippen LogP contribution in [0.1, 0.15) is 30.5 Å². The summed E-state index contributed by atoms with van der Waals surface area (Å²) in [4.78, 5) is 17.7. The largest absolute Gasteiger partial charge is 0.385 e. The summed E-state index contributed by atoms with van der Waals surface area (Å²) in [5.41, 5.74) is 1.84. The van der Waals surface area contributed by atoms with Gasteiger partial charge in [0.05, 0.1) is 21.6 Å². The molecule has 0 spiro atoms. The number of hydrogen-bond donors (Lipinski definition) is 0. The summed E-state index contributed by atoms with van der Waals surface area (Å²) in [7, 11) is 1.66. The topological polar surface area (TPSA) is 74.3 Å². The molecule has 4 aromatic rings. The SMILES string of the molecule is CCCc1nc(CSc2nnc3n(CCCOC)c(=O)c4ccccc4n23)cs1. The molecule has 0 N–H and O–H groups in total. The Morgan fingerprint density at radius 1 is 1.24 bits per heavy atom. The molecule has 4 rings (SSSR count). The third kappa shape index (κ3) is 4.08.